The minimum absolute atomic E-state index is 0.0515. The van der Waals surface area contributed by atoms with E-state index < -0.39 is 37.2 Å². The average molecular weight is 625 g/mol. The van der Waals surface area contributed by atoms with Crippen molar-refractivity contribution in [2.24, 2.45) is 10.5 Å². The average Bonchev–Trinajstić information content (AvgIpc) is 2.95. The molecule has 0 aromatic heterocycles. The molecule has 2 atom stereocenters. The second-order valence-corrected chi connectivity index (χ2v) is 11.4. The summed E-state index contributed by atoms with van der Waals surface area (Å²) in [7, 11) is -3.10. The first kappa shape index (κ1) is 32.1. The summed E-state index contributed by atoms with van der Waals surface area (Å²) in [6.07, 6.45) is 2.28. The quantitative estimate of drug-likeness (QED) is 0.109. The van der Waals surface area contributed by atoms with Crippen LogP contribution in [-0.4, -0.2) is 56.3 Å². The van der Waals surface area contributed by atoms with Gasteiger partial charge >= 0.3 is 13.6 Å². The fourth-order valence-corrected chi connectivity index (χ4v) is 5.74. The van der Waals surface area contributed by atoms with Crippen LogP contribution in [0.1, 0.15) is 30.1 Å². The Kier molecular flexibility index (Phi) is 11.7. The van der Waals surface area contributed by atoms with Crippen molar-refractivity contribution in [2.75, 3.05) is 20.2 Å². The van der Waals surface area contributed by atoms with Crippen molar-refractivity contribution in [3.8, 4) is 5.75 Å². The summed E-state index contributed by atoms with van der Waals surface area (Å²) in [6, 6.07) is 11.3. The van der Waals surface area contributed by atoms with Gasteiger partial charge in [-0.3, -0.25) is 14.4 Å². The summed E-state index contributed by atoms with van der Waals surface area (Å²) >= 11 is 12.4. The molecule has 220 valence electrons. The van der Waals surface area contributed by atoms with Crippen molar-refractivity contribution in [3.05, 3.63) is 75.5 Å². The molecule has 0 aliphatic carbocycles. The van der Waals surface area contributed by atoms with E-state index in [1.165, 1.54) is 38.3 Å². The van der Waals surface area contributed by atoms with Gasteiger partial charge in [0, 0.05) is 6.04 Å². The van der Waals surface area contributed by atoms with Gasteiger partial charge in [-0.2, -0.15) is 4.76 Å². The Balaban J connectivity index is 2.00. The van der Waals surface area contributed by atoms with E-state index in [0.717, 1.165) is 6.21 Å². The number of benzene rings is 2. The van der Waals surface area contributed by atoms with E-state index >= 15 is 0 Å². The number of para-hydroxylation sites is 1. The van der Waals surface area contributed by atoms with E-state index in [4.69, 9.17) is 38.2 Å². The van der Waals surface area contributed by atoms with Crippen LogP contribution in [0.2, 0.25) is 10.0 Å². The maximum Gasteiger partial charge on any atom is 0.439 e. The highest BCUT2D eigenvalue weighted by atomic mass is 35.5. The summed E-state index contributed by atoms with van der Waals surface area (Å²) in [4.78, 5) is 38.3. The lowest BCUT2D eigenvalue weighted by Gasteiger charge is -2.24. The third kappa shape index (κ3) is 9.31. The molecule has 0 bridgehead atoms. The highest BCUT2D eigenvalue weighted by Crippen LogP contribution is 2.45. The van der Waals surface area contributed by atoms with Gasteiger partial charge in [-0.05, 0) is 57.1 Å². The zero-order valence-corrected chi connectivity index (χ0v) is 24.8. The molecule has 2 aromatic rings. The van der Waals surface area contributed by atoms with Gasteiger partial charge in [0.2, 0.25) is 0 Å². The van der Waals surface area contributed by atoms with Gasteiger partial charge in [-0.15, -0.1) is 0 Å². The van der Waals surface area contributed by atoms with Crippen LogP contribution in [0.25, 0.3) is 0 Å². The first-order valence-corrected chi connectivity index (χ1v) is 14.9. The Morgan fingerprint density at radius 3 is 2.34 bits per heavy atom. The molecule has 1 aliphatic heterocycles. The third-order valence-corrected chi connectivity index (χ3v) is 8.09. The number of methoxy groups -OCH3 is 1. The lowest BCUT2D eigenvalue weighted by atomic mass is 10.1. The van der Waals surface area contributed by atoms with Crippen LogP contribution in [-0.2, 0) is 18.9 Å². The monoisotopic (exact) mass is 624 g/mol. The number of rotatable bonds is 11. The van der Waals surface area contributed by atoms with Gasteiger partial charge in [-0.25, -0.2) is 9.65 Å². The Morgan fingerprint density at radius 1 is 1.10 bits per heavy atom. The number of carbonyl (C=O) groups is 3. The lowest BCUT2D eigenvalue weighted by Crippen LogP contribution is -2.45. The molecule has 0 radical (unpaired) electrons. The minimum Gasteiger partial charge on any atom is -0.468 e. The van der Waals surface area contributed by atoms with Gasteiger partial charge in [-0.1, -0.05) is 47.5 Å². The molecule has 1 fully saturated rings. The number of piperidine rings is 1. The second kappa shape index (κ2) is 15.0. The van der Waals surface area contributed by atoms with Crippen molar-refractivity contribution in [1.29, 1.82) is 0 Å². The fourth-order valence-electron chi connectivity index (χ4n) is 3.74. The normalized spacial score (nSPS) is 16.7. The Morgan fingerprint density at radius 2 is 1.73 bits per heavy atom. The van der Waals surface area contributed by atoms with Crippen LogP contribution in [0.15, 0.2) is 64.7 Å². The summed E-state index contributed by atoms with van der Waals surface area (Å²) in [5, 5.41) is 11.1. The molecule has 1 saturated heterocycles. The fraction of sp³-hybridized carbons (Fsp3) is 0.308. The zero-order chi connectivity index (χ0) is 30.0. The summed E-state index contributed by atoms with van der Waals surface area (Å²) in [5.74, 6) is -2.03. The number of hydrogen-bond acceptors (Lipinski definition) is 8. The molecular formula is C26H31Cl2N6O6P. The van der Waals surface area contributed by atoms with Crippen LogP contribution >= 0.6 is 30.9 Å². The number of nitrogens with zero attached hydrogens (tertiary/aromatic N) is 1. The van der Waals surface area contributed by atoms with Crippen molar-refractivity contribution in [3.63, 3.8) is 0 Å². The summed E-state index contributed by atoms with van der Waals surface area (Å²) < 4.78 is 28.2. The molecule has 1 aliphatic rings. The SMILES string of the molecule is COC(=O)[C@H](C)NP(=O)(N=CC(NC(=O)c1c(Cl)cccc1Cl)=C(N)C(=O)NC1CCNCC1)Oc1ccccc1. The molecule has 1 unspecified atom stereocenters. The molecule has 0 saturated carbocycles. The molecular weight excluding hydrogens is 594 g/mol. The predicted molar refractivity (Wildman–Crippen MR) is 157 cm³/mol. The van der Waals surface area contributed by atoms with Crippen LogP contribution in [0.4, 0.5) is 0 Å². The molecule has 1 heterocycles. The number of carbonyl (C=O) groups excluding carboxylic acids is 3. The number of amides is 2. The Bertz CT molecular complexity index is 1350. The Hall–Kier alpha value is -3.41. The van der Waals surface area contributed by atoms with Crippen molar-refractivity contribution in [2.45, 2.75) is 31.8 Å². The van der Waals surface area contributed by atoms with Gasteiger partial charge < -0.3 is 30.9 Å². The van der Waals surface area contributed by atoms with E-state index in [9.17, 15) is 18.9 Å². The van der Waals surface area contributed by atoms with E-state index in [1.54, 1.807) is 24.3 Å². The third-order valence-electron chi connectivity index (χ3n) is 5.87. The Labute approximate surface area is 247 Å². The summed E-state index contributed by atoms with van der Waals surface area (Å²) in [5.41, 5.74) is 5.39. The predicted octanol–water partition coefficient (Wildman–Crippen LogP) is 3.17. The molecule has 6 N–H and O–H groups in total. The number of ether oxygens (including phenoxy) is 1. The lowest BCUT2D eigenvalue weighted by molar-refractivity contribution is -0.142. The first-order valence-electron chi connectivity index (χ1n) is 12.6. The van der Waals surface area contributed by atoms with Gasteiger partial charge in [0.15, 0.2) is 0 Å². The minimum atomic E-state index is -4.27. The smallest absolute Gasteiger partial charge is 0.439 e. The molecule has 15 heteroatoms. The van der Waals surface area contributed by atoms with Crippen LogP contribution in [0.5, 0.6) is 5.75 Å². The first-order chi connectivity index (χ1) is 19.5. The number of allylic oxidation sites excluding steroid dienone is 1. The maximum absolute atomic E-state index is 13.8. The van der Waals surface area contributed by atoms with Crippen molar-refractivity contribution in [1.82, 2.24) is 21.0 Å². The van der Waals surface area contributed by atoms with Crippen LogP contribution in [0, 0.1) is 0 Å². The standard InChI is InChI=1S/C26H31Cl2N6O6P/c1-16(26(37)39-2)34-41(38,40-18-7-4-3-5-8-18)31-15-21(23(29)25(36)32-17-11-13-30-14-12-17)33-24(35)22-19(27)9-6-10-20(22)28/h3-10,15-17,30H,11-14,29H2,1-2H3,(H,32,36)(H,33,35)(H,34,38)/t16-,41?/m0/s1. The molecule has 12 nitrogen and oxygen atoms in total. The second-order valence-electron chi connectivity index (χ2n) is 8.92. The van der Waals surface area contributed by atoms with Crippen molar-refractivity contribution >= 4 is 54.9 Å². The van der Waals surface area contributed by atoms with Crippen LogP contribution < -0.4 is 31.3 Å². The van der Waals surface area contributed by atoms with E-state index in [2.05, 4.69) is 25.8 Å². The molecule has 2 aromatic carbocycles. The van der Waals surface area contributed by atoms with E-state index in [0.29, 0.717) is 25.9 Å². The van der Waals surface area contributed by atoms with Crippen LogP contribution in [0.3, 0.4) is 0 Å². The molecule has 2 amide bonds. The highest BCUT2D eigenvalue weighted by Gasteiger charge is 2.30. The topological polar surface area (TPSA) is 173 Å². The number of nitrogens with one attached hydrogen (secondary N) is 4. The zero-order valence-electron chi connectivity index (χ0n) is 22.4. The van der Waals surface area contributed by atoms with Gasteiger partial charge in [0.05, 0.1) is 34.6 Å². The highest BCUT2D eigenvalue weighted by molar-refractivity contribution is 7.56. The molecule has 0 spiro atoms. The largest absolute Gasteiger partial charge is 0.468 e. The van der Waals surface area contributed by atoms with E-state index in [-0.39, 0.29) is 33.1 Å². The van der Waals surface area contributed by atoms with Gasteiger partial charge in [0.25, 0.3) is 11.8 Å². The molecule has 3 rings (SSSR count). The number of hydrogen-bond donors (Lipinski definition) is 5. The maximum atomic E-state index is 13.8. The number of nitrogens with two attached hydrogens (primary N) is 1. The summed E-state index contributed by atoms with van der Waals surface area (Å²) in [6.45, 7) is 2.84. The van der Waals surface area contributed by atoms with Crippen molar-refractivity contribution < 1.29 is 28.2 Å². The van der Waals surface area contributed by atoms with E-state index in [1.807, 2.05) is 0 Å². The number of esters is 1. The van der Waals surface area contributed by atoms with Gasteiger partial charge in [0.1, 0.15) is 17.5 Å². The number of halogens is 2. The molecule has 41 heavy (non-hydrogen) atoms.